The number of carbonyl (C=O) groups excluding carboxylic acids is 1. The van der Waals surface area contributed by atoms with Crippen LogP contribution in [0.5, 0.6) is 5.75 Å². The van der Waals surface area contributed by atoms with Crippen LogP contribution in [0.4, 0.5) is 5.13 Å². The molecular formula is C21H17N3O2S. The first-order valence-corrected chi connectivity index (χ1v) is 9.36. The van der Waals surface area contributed by atoms with Crippen LogP contribution < -0.4 is 10.1 Å². The maximum Gasteiger partial charge on any atom is 0.266 e. The highest BCUT2D eigenvalue weighted by atomic mass is 32.1. The minimum atomic E-state index is -0.657. The number of ether oxygens (including phenoxy) is 1. The number of nitrogens with zero attached hydrogens (tertiary/aromatic N) is 2. The van der Waals surface area contributed by atoms with Crippen molar-refractivity contribution >= 4 is 33.1 Å². The molecule has 0 aliphatic heterocycles. The molecule has 27 heavy (non-hydrogen) atoms. The minimum Gasteiger partial charge on any atom is -0.481 e. The number of hydrogen-bond donors (Lipinski definition) is 1. The number of benzene rings is 3. The van der Waals surface area contributed by atoms with Gasteiger partial charge in [0.2, 0.25) is 5.13 Å². The number of amides is 1. The van der Waals surface area contributed by atoms with E-state index in [1.165, 1.54) is 11.3 Å². The van der Waals surface area contributed by atoms with Gasteiger partial charge in [-0.25, -0.2) is 0 Å². The maximum atomic E-state index is 12.4. The summed E-state index contributed by atoms with van der Waals surface area (Å²) in [5.41, 5.74) is 0.968. The van der Waals surface area contributed by atoms with Crippen molar-refractivity contribution < 1.29 is 9.53 Å². The van der Waals surface area contributed by atoms with Crippen LogP contribution in [0, 0.1) is 0 Å². The number of anilines is 1. The first-order valence-electron chi connectivity index (χ1n) is 8.54. The van der Waals surface area contributed by atoms with Crippen molar-refractivity contribution in [3.8, 4) is 16.3 Å². The van der Waals surface area contributed by atoms with Crippen LogP contribution in [-0.4, -0.2) is 22.2 Å². The van der Waals surface area contributed by atoms with Gasteiger partial charge in [0.05, 0.1) is 0 Å². The van der Waals surface area contributed by atoms with Crippen molar-refractivity contribution in [2.75, 3.05) is 5.32 Å². The molecule has 0 unspecified atom stereocenters. The summed E-state index contributed by atoms with van der Waals surface area (Å²) < 4.78 is 5.79. The van der Waals surface area contributed by atoms with Crippen molar-refractivity contribution in [2.24, 2.45) is 0 Å². The van der Waals surface area contributed by atoms with Gasteiger partial charge in [0.25, 0.3) is 5.91 Å². The van der Waals surface area contributed by atoms with Crippen LogP contribution in [0.3, 0.4) is 0 Å². The summed E-state index contributed by atoms with van der Waals surface area (Å²) in [6.07, 6.45) is -0.657. The highest BCUT2D eigenvalue weighted by Crippen LogP contribution is 2.26. The molecule has 0 bridgehead atoms. The summed E-state index contributed by atoms with van der Waals surface area (Å²) in [5, 5.41) is 14.4. The van der Waals surface area contributed by atoms with Gasteiger partial charge in [-0.05, 0) is 29.8 Å². The van der Waals surface area contributed by atoms with E-state index < -0.39 is 6.10 Å². The molecule has 1 aromatic heterocycles. The molecule has 0 saturated carbocycles. The first kappa shape index (κ1) is 17.2. The molecule has 1 heterocycles. The third-order valence-electron chi connectivity index (χ3n) is 4.08. The third kappa shape index (κ3) is 3.96. The third-order valence-corrected chi connectivity index (χ3v) is 4.97. The summed E-state index contributed by atoms with van der Waals surface area (Å²) in [4.78, 5) is 12.4. The quantitative estimate of drug-likeness (QED) is 0.546. The minimum absolute atomic E-state index is 0.265. The van der Waals surface area contributed by atoms with Gasteiger partial charge in [0.1, 0.15) is 10.8 Å². The van der Waals surface area contributed by atoms with Crippen molar-refractivity contribution in [1.82, 2.24) is 10.2 Å². The Morgan fingerprint density at radius 1 is 0.963 bits per heavy atom. The van der Waals surface area contributed by atoms with Gasteiger partial charge >= 0.3 is 0 Å². The van der Waals surface area contributed by atoms with Crippen LogP contribution in [0.15, 0.2) is 72.8 Å². The van der Waals surface area contributed by atoms with E-state index in [9.17, 15) is 4.79 Å². The van der Waals surface area contributed by atoms with Crippen LogP contribution in [0.2, 0.25) is 0 Å². The molecule has 6 heteroatoms. The summed E-state index contributed by atoms with van der Waals surface area (Å²) in [5.74, 6) is 0.387. The molecule has 3 aromatic carbocycles. The summed E-state index contributed by atoms with van der Waals surface area (Å²) >= 11 is 1.33. The van der Waals surface area contributed by atoms with Gasteiger partial charge in [-0.1, -0.05) is 72.0 Å². The fourth-order valence-corrected chi connectivity index (χ4v) is 3.43. The molecule has 4 aromatic rings. The monoisotopic (exact) mass is 375 g/mol. The number of hydrogen-bond acceptors (Lipinski definition) is 5. The van der Waals surface area contributed by atoms with E-state index in [1.807, 2.05) is 72.8 Å². The molecule has 0 spiro atoms. The topological polar surface area (TPSA) is 64.1 Å². The number of rotatable bonds is 5. The smallest absolute Gasteiger partial charge is 0.266 e. The van der Waals surface area contributed by atoms with Crippen LogP contribution in [-0.2, 0) is 4.79 Å². The lowest BCUT2D eigenvalue weighted by molar-refractivity contribution is -0.122. The maximum absolute atomic E-state index is 12.4. The molecule has 4 rings (SSSR count). The number of fused-ring (bicyclic) bond motifs is 1. The molecule has 134 valence electrons. The summed E-state index contributed by atoms with van der Waals surface area (Å²) in [7, 11) is 0. The molecule has 0 aliphatic rings. The fraction of sp³-hybridized carbons (Fsp3) is 0.0952. The van der Waals surface area contributed by atoms with Crippen LogP contribution in [0.1, 0.15) is 6.92 Å². The van der Waals surface area contributed by atoms with E-state index in [4.69, 9.17) is 4.74 Å². The van der Waals surface area contributed by atoms with Crippen molar-refractivity contribution in [3.05, 3.63) is 72.8 Å². The second-order valence-corrected chi connectivity index (χ2v) is 7.01. The molecule has 0 radical (unpaired) electrons. The molecule has 0 aliphatic carbocycles. The Kier molecular flexibility index (Phi) is 4.80. The molecular weight excluding hydrogens is 358 g/mol. The van der Waals surface area contributed by atoms with Crippen molar-refractivity contribution in [2.45, 2.75) is 13.0 Å². The second-order valence-electron chi connectivity index (χ2n) is 6.04. The average molecular weight is 375 g/mol. The predicted molar refractivity (Wildman–Crippen MR) is 108 cm³/mol. The molecule has 1 N–H and O–H groups in total. The summed E-state index contributed by atoms with van der Waals surface area (Å²) in [6, 6.07) is 23.5. The Balaban J connectivity index is 1.42. The van der Waals surface area contributed by atoms with Gasteiger partial charge in [0, 0.05) is 5.56 Å². The predicted octanol–water partition coefficient (Wildman–Crippen LogP) is 4.76. The lowest BCUT2D eigenvalue weighted by Crippen LogP contribution is -2.30. The highest BCUT2D eigenvalue weighted by molar-refractivity contribution is 7.18. The van der Waals surface area contributed by atoms with E-state index >= 15 is 0 Å². The highest BCUT2D eigenvalue weighted by Gasteiger charge is 2.17. The Hall–Kier alpha value is -3.25. The lowest BCUT2D eigenvalue weighted by Gasteiger charge is -2.14. The molecule has 0 saturated heterocycles. The molecule has 1 atom stereocenters. The largest absolute Gasteiger partial charge is 0.481 e. The zero-order valence-electron chi connectivity index (χ0n) is 14.6. The normalized spacial score (nSPS) is 11.9. The molecule has 0 fully saturated rings. The number of aromatic nitrogens is 2. The van der Waals surface area contributed by atoms with Crippen LogP contribution >= 0.6 is 11.3 Å². The van der Waals surface area contributed by atoms with Gasteiger partial charge < -0.3 is 4.74 Å². The van der Waals surface area contributed by atoms with E-state index in [1.54, 1.807) is 6.92 Å². The summed E-state index contributed by atoms with van der Waals surface area (Å²) in [6.45, 7) is 1.71. The Morgan fingerprint density at radius 2 is 1.70 bits per heavy atom. The van der Waals surface area contributed by atoms with Gasteiger partial charge in [0.15, 0.2) is 6.10 Å². The number of nitrogens with one attached hydrogen (secondary N) is 1. The second kappa shape index (κ2) is 7.55. The average Bonchev–Trinajstić information content (AvgIpc) is 3.17. The molecule has 5 nitrogen and oxygen atoms in total. The first-order chi connectivity index (χ1) is 13.2. The zero-order chi connectivity index (χ0) is 18.6. The van der Waals surface area contributed by atoms with Gasteiger partial charge in [-0.3, -0.25) is 10.1 Å². The fourth-order valence-electron chi connectivity index (χ4n) is 2.68. The Labute approximate surface area is 160 Å². The standard InChI is InChI=1S/C21H17N3O2S/c1-14(26-18-12-11-15-7-5-6-10-17(15)13-18)19(25)22-21-24-23-20(27-21)16-8-3-2-4-9-16/h2-14H,1H3,(H,22,24,25)/t14-/m0/s1. The number of carbonyl (C=O) groups is 1. The Morgan fingerprint density at radius 3 is 2.52 bits per heavy atom. The van der Waals surface area contributed by atoms with Crippen LogP contribution in [0.25, 0.3) is 21.3 Å². The van der Waals surface area contributed by atoms with Gasteiger partial charge in [-0.2, -0.15) is 0 Å². The van der Waals surface area contributed by atoms with Gasteiger partial charge in [-0.15, -0.1) is 10.2 Å². The van der Waals surface area contributed by atoms with E-state index in [0.717, 1.165) is 21.3 Å². The van der Waals surface area contributed by atoms with Crippen molar-refractivity contribution in [3.63, 3.8) is 0 Å². The lowest BCUT2D eigenvalue weighted by atomic mass is 10.1. The molecule has 1 amide bonds. The van der Waals surface area contributed by atoms with E-state index in [-0.39, 0.29) is 5.91 Å². The van der Waals surface area contributed by atoms with Crippen molar-refractivity contribution in [1.29, 1.82) is 0 Å². The Bertz CT molecular complexity index is 1080. The van der Waals surface area contributed by atoms with E-state index in [2.05, 4.69) is 15.5 Å². The SMILES string of the molecule is C[C@H](Oc1ccc2ccccc2c1)C(=O)Nc1nnc(-c2ccccc2)s1. The zero-order valence-corrected chi connectivity index (χ0v) is 15.4. The van der Waals surface area contributed by atoms with E-state index in [0.29, 0.717) is 10.9 Å².